The zero-order valence-electron chi connectivity index (χ0n) is 10.3. The number of hydrogen-bond donors (Lipinski definition) is 2. The first kappa shape index (κ1) is 11.5. The van der Waals surface area contributed by atoms with E-state index in [2.05, 4.69) is 4.98 Å². The molecule has 1 aromatic carbocycles. The predicted octanol–water partition coefficient (Wildman–Crippen LogP) is 2.23. The molecular weight excluding hydrogens is 214 g/mol. The van der Waals surface area contributed by atoms with E-state index in [0.29, 0.717) is 11.4 Å². The van der Waals surface area contributed by atoms with Crippen LogP contribution in [0.3, 0.4) is 0 Å². The van der Waals surface area contributed by atoms with Crippen LogP contribution >= 0.6 is 0 Å². The van der Waals surface area contributed by atoms with Gasteiger partial charge in [0, 0.05) is 29.7 Å². The third-order valence-corrected chi connectivity index (χ3v) is 2.97. The molecule has 90 valence electrons. The first-order valence-electron chi connectivity index (χ1n) is 5.64. The van der Waals surface area contributed by atoms with E-state index in [1.54, 1.807) is 11.9 Å². The zero-order chi connectivity index (χ0) is 12.6. The molecule has 17 heavy (non-hydrogen) atoms. The molecule has 4 heteroatoms. The summed E-state index contributed by atoms with van der Waals surface area (Å²) in [6.45, 7) is 3.97. The molecular formula is C13H17N3O. The number of aromatic amines is 1. The lowest BCUT2D eigenvalue weighted by atomic mass is 10.2. The summed E-state index contributed by atoms with van der Waals surface area (Å²) in [6.07, 6.45) is 0. The largest absolute Gasteiger partial charge is 0.399 e. The number of aromatic nitrogens is 1. The van der Waals surface area contributed by atoms with Gasteiger partial charge in [-0.05, 0) is 38.1 Å². The SMILES string of the molecule is CC(C)N(C)C(=O)c1cc2cc(N)ccc2[nH]1. The number of nitrogens with two attached hydrogens (primary N) is 1. The Labute approximate surface area is 100 Å². The Hall–Kier alpha value is -1.97. The average Bonchev–Trinajstić information content (AvgIpc) is 2.69. The van der Waals surface area contributed by atoms with E-state index in [-0.39, 0.29) is 11.9 Å². The van der Waals surface area contributed by atoms with E-state index in [0.717, 1.165) is 10.9 Å². The molecule has 0 fully saturated rings. The fraction of sp³-hybridized carbons (Fsp3) is 0.308. The third-order valence-electron chi connectivity index (χ3n) is 2.97. The van der Waals surface area contributed by atoms with Gasteiger partial charge in [-0.25, -0.2) is 0 Å². The van der Waals surface area contributed by atoms with Crippen molar-refractivity contribution in [1.82, 2.24) is 9.88 Å². The molecule has 4 nitrogen and oxygen atoms in total. The van der Waals surface area contributed by atoms with Gasteiger partial charge in [0.25, 0.3) is 5.91 Å². The number of anilines is 1. The molecule has 2 rings (SSSR count). The summed E-state index contributed by atoms with van der Waals surface area (Å²) >= 11 is 0. The molecule has 0 spiro atoms. The van der Waals surface area contributed by atoms with Crippen molar-refractivity contribution in [2.75, 3.05) is 12.8 Å². The van der Waals surface area contributed by atoms with Gasteiger partial charge in [-0.1, -0.05) is 0 Å². The fourth-order valence-corrected chi connectivity index (χ4v) is 1.69. The minimum atomic E-state index is -0.00484. The van der Waals surface area contributed by atoms with Gasteiger partial charge in [-0.15, -0.1) is 0 Å². The van der Waals surface area contributed by atoms with Crippen LogP contribution in [0.15, 0.2) is 24.3 Å². The van der Waals surface area contributed by atoms with Gasteiger partial charge >= 0.3 is 0 Å². The fourth-order valence-electron chi connectivity index (χ4n) is 1.69. The second kappa shape index (κ2) is 4.13. The molecule has 0 unspecified atom stereocenters. The van der Waals surface area contributed by atoms with Crippen molar-refractivity contribution in [3.05, 3.63) is 30.0 Å². The number of fused-ring (bicyclic) bond motifs is 1. The monoisotopic (exact) mass is 231 g/mol. The first-order chi connectivity index (χ1) is 7.99. The Morgan fingerprint density at radius 1 is 1.35 bits per heavy atom. The van der Waals surface area contributed by atoms with E-state index in [9.17, 15) is 4.79 Å². The number of nitrogens with zero attached hydrogens (tertiary/aromatic N) is 1. The smallest absolute Gasteiger partial charge is 0.270 e. The van der Waals surface area contributed by atoms with Crippen LogP contribution in [-0.4, -0.2) is 28.9 Å². The maximum absolute atomic E-state index is 12.1. The van der Waals surface area contributed by atoms with Crippen molar-refractivity contribution in [3.63, 3.8) is 0 Å². The lowest BCUT2D eigenvalue weighted by molar-refractivity contribution is 0.0750. The number of H-pyrrole nitrogens is 1. The van der Waals surface area contributed by atoms with Gasteiger partial charge in [0.15, 0.2) is 0 Å². The van der Waals surface area contributed by atoms with Gasteiger partial charge in [0.2, 0.25) is 0 Å². The van der Waals surface area contributed by atoms with Crippen LogP contribution in [0, 0.1) is 0 Å². The van der Waals surface area contributed by atoms with Crippen molar-refractivity contribution in [3.8, 4) is 0 Å². The van der Waals surface area contributed by atoms with Crippen molar-refractivity contribution in [1.29, 1.82) is 0 Å². The summed E-state index contributed by atoms with van der Waals surface area (Å²) < 4.78 is 0. The van der Waals surface area contributed by atoms with Crippen LogP contribution in [0.4, 0.5) is 5.69 Å². The van der Waals surface area contributed by atoms with Crippen LogP contribution in [0.1, 0.15) is 24.3 Å². The Kier molecular flexibility index (Phi) is 2.79. The van der Waals surface area contributed by atoms with Gasteiger partial charge < -0.3 is 15.6 Å². The second-order valence-corrected chi connectivity index (χ2v) is 4.54. The van der Waals surface area contributed by atoms with Crippen molar-refractivity contribution in [2.24, 2.45) is 0 Å². The lowest BCUT2D eigenvalue weighted by Crippen LogP contribution is -2.33. The highest BCUT2D eigenvalue weighted by Gasteiger charge is 2.16. The minimum absolute atomic E-state index is 0.00484. The summed E-state index contributed by atoms with van der Waals surface area (Å²) in [5.74, 6) is -0.00484. The van der Waals surface area contributed by atoms with Crippen LogP contribution in [0.2, 0.25) is 0 Å². The zero-order valence-corrected chi connectivity index (χ0v) is 10.3. The quantitative estimate of drug-likeness (QED) is 0.778. The Balaban J connectivity index is 2.40. The van der Waals surface area contributed by atoms with E-state index in [1.807, 2.05) is 38.1 Å². The third kappa shape index (κ3) is 2.11. The number of carbonyl (C=O) groups is 1. The molecule has 0 aliphatic carbocycles. The molecule has 1 aromatic heterocycles. The Bertz CT molecular complexity index is 557. The summed E-state index contributed by atoms with van der Waals surface area (Å²) in [5.41, 5.74) is 7.94. The number of nitrogens with one attached hydrogen (secondary N) is 1. The molecule has 0 aliphatic heterocycles. The van der Waals surface area contributed by atoms with Crippen molar-refractivity contribution in [2.45, 2.75) is 19.9 Å². The highest BCUT2D eigenvalue weighted by Crippen LogP contribution is 2.19. The van der Waals surface area contributed by atoms with Crippen LogP contribution < -0.4 is 5.73 Å². The average molecular weight is 231 g/mol. The second-order valence-electron chi connectivity index (χ2n) is 4.54. The molecule has 0 atom stereocenters. The Morgan fingerprint density at radius 3 is 2.71 bits per heavy atom. The summed E-state index contributed by atoms with van der Waals surface area (Å²) in [6, 6.07) is 7.58. The number of benzene rings is 1. The molecule has 1 amide bonds. The maximum Gasteiger partial charge on any atom is 0.270 e. The first-order valence-corrected chi connectivity index (χ1v) is 5.64. The van der Waals surface area contributed by atoms with Gasteiger partial charge in [0.1, 0.15) is 5.69 Å². The van der Waals surface area contributed by atoms with Gasteiger partial charge in [-0.2, -0.15) is 0 Å². The van der Waals surface area contributed by atoms with Crippen molar-refractivity contribution >= 4 is 22.5 Å². The van der Waals surface area contributed by atoms with Crippen LogP contribution in [0.5, 0.6) is 0 Å². The predicted molar refractivity (Wildman–Crippen MR) is 69.9 cm³/mol. The highest BCUT2D eigenvalue weighted by molar-refractivity contribution is 5.98. The number of rotatable bonds is 2. The van der Waals surface area contributed by atoms with Crippen molar-refractivity contribution < 1.29 is 4.79 Å². The summed E-state index contributed by atoms with van der Waals surface area (Å²) in [7, 11) is 1.80. The Morgan fingerprint density at radius 2 is 2.06 bits per heavy atom. The standard InChI is InChI=1S/C13H17N3O/c1-8(2)16(3)13(17)12-7-9-6-10(14)4-5-11(9)15-12/h4-8,15H,14H2,1-3H3. The minimum Gasteiger partial charge on any atom is -0.399 e. The lowest BCUT2D eigenvalue weighted by Gasteiger charge is -2.20. The molecule has 1 heterocycles. The molecule has 0 saturated carbocycles. The topological polar surface area (TPSA) is 62.1 Å². The number of carbonyl (C=O) groups excluding carboxylic acids is 1. The molecule has 0 bridgehead atoms. The van der Waals surface area contributed by atoms with E-state index in [4.69, 9.17) is 5.73 Å². The number of amides is 1. The van der Waals surface area contributed by atoms with Gasteiger partial charge in [-0.3, -0.25) is 4.79 Å². The maximum atomic E-state index is 12.1. The van der Waals surface area contributed by atoms with Crippen LogP contribution in [-0.2, 0) is 0 Å². The van der Waals surface area contributed by atoms with E-state index >= 15 is 0 Å². The molecule has 3 N–H and O–H groups in total. The van der Waals surface area contributed by atoms with Gasteiger partial charge in [0.05, 0.1) is 0 Å². The molecule has 0 radical (unpaired) electrons. The van der Waals surface area contributed by atoms with Crippen LogP contribution in [0.25, 0.3) is 10.9 Å². The molecule has 2 aromatic rings. The number of hydrogen-bond acceptors (Lipinski definition) is 2. The highest BCUT2D eigenvalue weighted by atomic mass is 16.2. The molecule has 0 saturated heterocycles. The summed E-state index contributed by atoms with van der Waals surface area (Å²) in [5, 5.41) is 0.963. The number of nitrogen functional groups attached to an aromatic ring is 1. The van der Waals surface area contributed by atoms with E-state index in [1.165, 1.54) is 0 Å². The summed E-state index contributed by atoms with van der Waals surface area (Å²) in [4.78, 5) is 16.9. The normalized spacial score (nSPS) is 11.1. The molecule has 0 aliphatic rings. The van der Waals surface area contributed by atoms with E-state index < -0.39 is 0 Å².